The van der Waals surface area contributed by atoms with Crippen LogP contribution in [0.5, 0.6) is 0 Å². The zero-order valence-electron chi connectivity index (χ0n) is 9.02. The van der Waals surface area contributed by atoms with Crippen LogP contribution in [0.1, 0.15) is 51.4 Å². The molecule has 1 aliphatic rings. The average Bonchev–Trinajstić information content (AvgIpc) is 2.86. The molecular formula is C11H20O4. The highest BCUT2D eigenvalue weighted by Crippen LogP contribution is 2.24. The molecule has 1 heterocycles. The molecule has 0 bridgehead atoms. The molecule has 4 heteroatoms. The second kappa shape index (κ2) is 6.80. The van der Waals surface area contributed by atoms with Crippen molar-refractivity contribution in [1.29, 1.82) is 0 Å². The van der Waals surface area contributed by atoms with Gasteiger partial charge in [-0.05, 0) is 12.8 Å². The number of aliphatic hydroxyl groups is 1. The lowest BCUT2D eigenvalue weighted by atomic mass is 10.1. The molecule has 1 rings (SSSR count). The minimum atomic E-state index is -0.699. The summed E-state index contributed by atoms with van der Waals surface area (Å²) >= 11 is 0. The largest absolute Gasteiger partial charge is 0.481 e. The zero-order chi connectivity index (χ0) is 11.1. The van der Waals surface area contributed by atoms with Crippen LogP contribution >= 0.6 is 0 Å². The molecule has 15 heavy (non-hydrogen) atoms. The highest BCUT2D eigenvalue weighted by Gasteiger charge is 2.35. The van der Waals surface area contributed by atoms with Crippen molar-refractivity contribution in [3.05, 3.63) is 0 Å². The number of aliphatic carboxylic acids is 1. The molecular weight excluding hydrogens is 196 g/mol. The van der Waals surface area contributed by atoms with Crippen LogP contribution in [-0.2, 0) is 9.53 Å². The van der Waals surface area contributed by atoms with Crippen LogP contribution in [-0.4, -0.2) is 28.6 Å². The third-order valence-corrected chi connectivity index (χ3v) is 2.68. The van der Waals surface area contributed by atoms with Crippen LogP contribution < -0.4 is 0 Å². The molecule has 0 saturated carbocycles. The number of carboxylic acids is 1. The van der Waals surface area contributed by atoms with Gasteiger partial charge in [-0.1, -0.05) is 32.1 Å². The number of hydrogen-bond acceptors (Lipinski definition) is 3. The molecule has 0 aromatic rings. The standard InChI is InChI=1S/C11H20O4/c12-10(13)8-6-4-2-1-3-5-7-9-11(14)15-9/h9,11,14H,1-8H2,(H,12,13). The second-order valence-electron chi connectivity index (χ2n) is 4.12. The number of carbonyl (C=O) groups is 1. The summed E-state index contributed by atoms with van der Waals surface area (Å²) < 4.78 is 4.88. The minimum Gasteiger partial charge on any atom is -0.481 e. The van der Waals surface area contributed by atoms with E-state index in [4.69, 9.17) is 14.9 Å². The van der Waals surface area contributed by atoms with E-state index in [0.29, 0.717) is 6.42 Å². The monoisotopic (exact) mass is 216 g/mol. The quantitative estimate of drug-likeness (QED) is 0.456. The maximum atomic E-state index is 10.2. The van der Waals surface area contributed by atoms with Crippen molar-refractivity contribution in [3.8, 4) is 0 Å². The molecule has 2 N–H and O–H groups in total. The number of epoxide rings is 1. The van der Waals surface area contributed by atoms with Crippen LogP contribution in [0.4, 0.5) is 0 Å². The van der Waals surface area contributed by atoms with Gasteiger partial charge in [0.2, 0.25) is 0 Å². The van der Waals surface area contributed by atoms with Gasteiger partial charge in [0.05, 0.1) is 0 Å². The van der Waals surface area contributed by atoms with E-state index in [1.807, 2.05) is 0 Å². The van der Waals surface area contributed by atoms with Crippen LogP contribution in [0.3, 0.4) is 0 Å². The molecule has 0 spiro atoms. The lowest BCUT2D eigenvalue weighted by molar-refractivity contribution is -0.137. The van der Waals surface area contributed by atoms with Crippen molar-refractivity contribution in [2.75, 3.05) is 0 Å². The number of unbranched alkanes of at least 4 members (excludes halogenated alkanes) is 5. The van der Waals surface area contributed by atoms with Gasteiger partial charge in [0.25, 0.3) is 0 Å². The molecule has 1 fully saturated rings. The molecule has 0 aromatic carbocycles. The molecule has 1 aliphatic heterocycles. The minimum absolute atomic E-state index is 0.0945. The topological polar surface area (TPSA) is 70.1 Å². The van der Waals surface area contributed by atoms with Gasteiger partial charge in [0.1, 0.15) is 6.10 Å². The van der Waals surface area contributed by atoms with E-state index < -0.39 is 12.3 Å². The predicted molar refractivity (Wildman–Crippen MR) is 55.5 cm³/mol. The summed E-state index contributed by atoms with van der Waals surface area (Å²) in [7, 11) is 0. The normalized spacial score (nSPS) is 24.1. The second-order valence-corrected chi connectivity index (χ2v) is 4.12. The van der Waals surface area contributed by atoms with E-state index in [2.05, 4.69) is 0 Å². The predicted octanol–water partition coefficient (Wildman–Crippen LogP) is 1.91. The highest BCUT2D eigenvalue weighted by molar-refractivity contribution is 5.66. The fourth-order valence-corrected chi connectivity index (χ4v) is 1.67. The summed E-state index contributed by atoms with van der Waals surface area (Å²) in [5, 5.41) is 17.3. The summed E-state index contributed by atoms with van der Waals surface area (Å²) in [6, 6.07) is 0. The fraction of sp³-hybridized carbons (Fsp3) is 0.909. The van der Waals surface area contributed by atoms with Gasteiger partial charge < -0.3 is 14.9 Å². The number of ether oxygens (including phenoxy) is 1. The van der Waals surface area contributed by atoms with Crippen LogP contribution in [0.15, 0.2) is 0 Å². The Balaban J connectivity index is 1.71. The Labute approximate surface area is 90.2 Å². The van der Waals surface area contributed by atoms with Crippen molar-refractivity contribution >= 4 is 5.97 Å². The molecule has 4 nitrogen and oxygen atoms in total. The molecule has 0 radical (unpaired) electrons. The van der Waals surface area contributed by atoms with Gasteiger partial charge in [0.15, 0.2) is 6.29 Å². The van der Waals surface area contributed by atoms with E-state index in [1.54, 1.807) is 0 Å². The van der Waals surface area contributed by atoms with Crippen LogP contribution in [0, 0.1) is 0 Å². The molecule has 0 amide bonds. The molecule has 2 atom stereocenters. The van der Waals surface area contributed by atoms with E-state index in [9.17, 15) is 4.79 Å². The SMILES string of the molecule is O=C(O)CCCCCCCCC1OC1O. The third kappa shape index (κ3) is 6.47. The van der Waals surface area contributed by atoms with E-state index >= 15 is 0 Å². The summed E-state index contributed by atoms with van der Waals surface area (Å²) in [5.74, 6) is -0.699. The molecule has 2 unspecified atom stereocenters. The third-order valence-electron chi connectivity index (χ3n) is 2.68. The van der Waals surface area contributed by atoms with Crippen molar-refractivity contribution < 1.29 is 19.7 Å². The van der Waals surface area contributed by atoms with Crippen molar-refractivity contribution in [2.24, 2.45) is 0 Å². The number of carboxylic acid groups (broad SMARTS) is 1. The maximum Gasteiger partial charge on any atom is 0.303 e. The Morgan fingerprint density at radius 3 is 2.13 bits per heavy atom. The lowest BCUT2D eigenvalue weighted by Crippen LogP contribution is -1.94. The Morgan fingerprint density at radius 2 is 1.60 bits per heavy atom. The first-order valence-corrected chi connectivity index (χ1v) is 5.75. The van der Waals surface area contributed by atoms with E-state index in [0.717, 1.165) is 44.9 Å². The first-order valence-electron chi connectivity index (χ1n) is 5.75. The van der Waals surface area contributed by atoms with Crippen LogP contribution in [0.2, 0.25) is 0 Å². The maximum absolute atomic E-state index is 10.2. The summed E-state index contributed by atoms with van der Waals surface area (Å²) in [4.78, 5) is 10.2. The summed E-state index contributed by atoms with van der Waals surface area (Å²) in [5.41, 5.74) is 0. The number of rotatable bonds is 9. The number of hydrogen-bond donors (Lipinski definition) is 2. The van der Waals surface area contributed by atoms with Gasteiger partial charge in [-0.2, -0.15) is 0 Å². The van der Waals surface area contributed by atoms with Crippen molar-refractivity contribution in [2.45, 2.75) is 63.8 Å². The fourth-order valence-electron chi connectivity index (χ4n) is 1.67. The summed E-state index contributed by atoms with van der Waals surface area (Å²) in [6.07, 6.45) is 7.16. The van der Waals surface area contributed by atoms with Gasteiger partial charge in [0, 0.05) is 6.42 Å². The van der Waals surface area contributed by atoms with Gasteiger partial charge >= 0.3 is 5.97 Å². The Morgan fingerprint density at radius 1 is 1.07 bits per heavy atom. The summed E-state index contributed by atoms with van der Waals surface area (Å²) in [6.45, 7) is 0. The Bertz CT molecular complexity index is 193. The van der Waals surface area contributed by atoms with E-state index in [-0.39, 0.29) is 6.10 Å². The zero-order valence-corrected chi connectivity index (χ0v) is 9.02. The molecule has 0 aliphatic carbocycles. The van der Waals surface area contributed by atoms with E-state index in [1.165, 1.54) is 0 Å². The highest BCUT2D eigenvalue weighted by atomic mass is 16.7. The lowest BCUT2D eigenvalue weighted by Gasteiger charge is -1.99. The molecule has 0 aromatic heterocycles. The van der Waals surface area contributed by atoms with Gasteiger partial charge in [-0.3, -0.25) is 4.79 Å². The Kier molecular flexibility index (Phi) is 5.65. The van der Waals surface area contributed by atoms with Gasteiger partial charge in [-0.15, -0.1) is 0 Å². The Hall–Kier alpha value is -0.610. The molecule has 1 saturated heterocycles. The number of aliphatic hydroxyl groups excluding tert-OH is 1. The first kappa shape index (κ1) is 12.5. The van der Waals surface area contributed by atoms with Crippen molar-refractivity contribution in [1.82, 2.24) is 0 Å². The van der Waals surface area contributed by atoms with Crippen LogP contribution in [0.25, 0.3) is 0 Å². The smallest absolute Gasteiger partial charge is 0.303 e. The van der Waals surface area contributed by atoms with Crippen molar-refractivity contribution in [3.63, 3.8) is 0 Å². The van der Waals surface area contributed by atoms with Gasteiger partial charge in [-0.25, -0.2) is 0 Å². The molecule has 88 valence electrons. The first-order chi connectivity index (χ1) is 7.20. The average molecular weight is 216 g/mol.